The van der Waals surface area contributed by atoms with E-state index in [1.807, 2.05) is 56.3 Å². The molecule has 2 aromatic rings. The predicted octanol–water partition coefficient (Wildman–Crippen LogP) is 4.54. The molecule has 0 saturated carbocycles. The van der Waals surface area contributed by atoms with E-state index >= 15 is 0 Å². The fourth-order valence-corrected chi connectivity index (χ4v) is 4.15. The second-order valence-electron chi connectivity index (χ2n) is 6.67. The fourth-order valence-electron chi connectivity index (χ4n) is 3.01. The van der Waals surface area contributed by atoms with Gasteiger partial charge in [-0.3, -0.25) is 9.59 Å². The molecule has 0 radical (unpaired) electrons. The van der Waals surface area contributed by atoms with Gasteiger partial charge in [-0.1, -0.05) is 64.8 Å². The number of aryl methyl sites for hydroxylation is 1. The molecule has 2 amide bonds. The second-order valence-corrected chi connectivity index (χ2v) is 8.57. The quantitative estimate of drug-likeness (QED) is 0.594. The number of carbonyl (C=O) groups excluding carboxylic acids is 2. The first-order valence-electron chi connectivity index (χ1n) is 9.33. The van der Waals surface area contributed by atoms with E-state index in [2.05, 4.69) is 27.3 Å². The van der Waals surface area contributed by atoms with Crippen LogP contribution in [0.2, 0.25) is 0 Å². The standard InChI is InChI=1S/C22H27BrN2O2S/c1-4-20(22(27)24-3)25(13-18-7-5-6-16(2)12-18)21(26)15-28-14-17-8-10-19(23)11-9-17/h5-12,20H,4,13-15H2,1-3H3,(H,24,27). The summed E-state index contributed by atoms with van der Waals surface area (Å²) in [7, 11) is 1.61. The first kappa shape index (κ1) is 22.5. The number of hydrogen-bond donors (Lipinski definition) is 1. The van der Waals surface area contributed by atoms with E-state index in [1.165, 1.54) is 5.56 Å². The summed E-state index contributed by atoms with van der Waals surface area (Å²) < 4.78 is 1.04. The summed E-state index contributed by atoms with van der Waals surface area (Å²) >= 11 is 5.00. The van der Waals surface area contributed by atoms with Crippen molar-refractivity contribution in [2.45, 2.75) is 38.6 Å². The topological polar surface area (TPSA) is 49.4 Å². The molecule has 28 heavy (non-hydrogen) atoms. The Balaban J connectivity index is 2.08. The van der Waals surface area contributed by atoms with Crippen LogP contribution in [-0.4, -0.2) is 35.6 Å². The predicted molar refractivity (Wildman–Crippen MR) is 120 cm³/mol. The third-order valence-electron chi connectivity index (χ3n) is 4.48. The molecule has 0 aromatic heterocycles. The maximum atomic E-state index is 13.0. The zero-order chi connectivity index (χ0) is 20.5. The zero-order valence-corrected chi connectivity index (χ0v) is 19.0. The molecule has 0 heterocycles. The Morgan fingerprint density at radius 1 is 1.14 bits per heavy atom. The minimum absolute atomic E-state index is 0.0148. The van der Waals surface area contributed by atoms with Gasteiger partial charge in [0.2, 0.25) is 11.8 Å². The summed E-state index contributed by atoms with van der Waals surface area (Å²) in [6.45, 7) is 4.40. The number of nitrogens with one attached hydrogen (secondary N) is 1. The van der Waals surface area contributed by atoms with Crippen LogP contribution in [0.25, 0.3) is 0 Å². The van der Waals surface area contributed by atoms with E-state index in [0.717, 1.165) is 21.4 Å². The van der Waals surface area contributed by atoms with Crippen molar-refractivity contribution >= 4 is 39.5 Å². The van der Waals surface area contributed by atoms with Gasteiger partial charge in [0.25, 0.3) is 0 Å². The Labute approximate surface area is 180 Å². The number of rotatable bonds is 9. The highest BCUT2D eigenvalue weighted by Gasteiger charge is 2.27. The molecule has 0 spiro atoms. The van der Waals surface area contributed by atoms with Gasteiger partial charge in [-0.25, -0.2) is 0 Å². The third kappa shape index (κ3) is 6.67. The van der Waals surface area contributed by atoms with Crippen LogP contribution in [0.1, 0.15) is 30.0 Å². The van der Waals surface area contributed by atoms with Crippen LogP contribution in [0.5, 0.6) is 0 Å². The van der Waals surface area contributed by atoms with Crippen LogP contribution in [0, 0.1) is 6.92 Å². The van der Waals surface area contributed by atoms with Crippen molar-refractivity contribution in [2.75, 3.05) is 12.8 Å². The molecule has 0 saturated heterocycles. The molecule has 2 rings (SSSR count). The highest BCUT2D eigenvalue weighted by molar-refractivity contribution is 9.10. The lowest BCUT2D eigenvalue weighted by Gasteiger charge is -2.30. The minimum atomic E-state index is -0.466. The normalized spacial score (nSPS) is 11.7. The number of thioether (sulfide) groups is 1. The van der Waals surface area contributed by atoms with Crippen LogP contribution in [-0.2, 0) is 21.9 Å². The fraction of sp³-hybridized carbons (Fsp3) is 0.364. The van der Waals surface area contributed by atoms with E-state index in [1.54, 1.807) is 23.7 Å². The van der Waals surface area contributed by atoms with Crippen LogP contribution in [0.3, 0.4) is 0 Å². The van der Waals surface area contributed by atoms with Crippen LogP contribution in [0.15, 0.2) is 53.0 Å². The Bertz CT molecular complexity index is 795. The number of likely N-dealkylation sites (N-methyl/N-ethyl adjacent to an activating group) is 1. The van der Waals surface area contributed by atoms with E-state index in [9.17, 15) is 9.59 Å². The van der Waals surface area contributed by atoms with Crippen molar-refractivity contribution in [1.82, 2.24) is 10.2 Å². The van der Waals surface area contributed by atoms with Gasteiger partial charge < -0.3 is 10.2 Å². The van der Waals surface area contributed by atoms with Gasteiger partial charge in [-0.05, 0) is 36.6 Å². The molecule has 0 aliphatic rings. The number of amides is 2. The Morgan fingerprint density at radius 2 is 1.86 bits per heavy atom. The van der Waals surface area contributed by atoms with Crippen molar-refractivity contribution < 1.29 is 9.59 Å². The maximum absolute atomic E-state index is 13.0. The van der Waals surface area contributed by atoms with Gasteiger partial charge in [0.05, 0.1) is 5.75 Å². The van der Waals surface area contributed by atoms with E-state index in [4.69, 9.17) is 0 Å². The molecule has 0 aliphatic heterocycles. The zero-order valence-electron chi connectivity index (χ0n) is 16.6. The summed E-state index contributed by atoms with van der Waals surface area (Å²) in [6.07, 6.45) is 0.578. The smallest absolute Gasteiger partial charge is 0.242 e. The lowest BCUT2D eigenvalue weighted by Crippen LogP contribution is -2.48. The number of hydrogen-bond acceptors (Lipinski definition) is 3. The van der Waals surface area contributed by atoms with E-state index in [0.29, 0.717) is 18.7 Å². The molecule has 0 bridgehead atoms. The van der Waals surface area contributed by atoms with Crippen molar-refractivity contribution in [3.05, 3.63) is 69.7 Å². The number of halogens is 1. The van der Waals surface area contributed by atoms with Gasteiger partial charge in [-0.2, -0.15) is 0 Å². The van der Waals surface area contributed by atoms with Crippen LogP contribution < -0.4 is 5.32 Å². The van der Waals surface area contributed by atoms with Crippen molar-refractivity contribution in [2.24, 2.45) is 0 Å². The first-order valence-corrected chi connectivity index (χ1v) is 11.3. The summed E-state index contributed by atoms with van der Waals surface area (Å²) in [4.78, 5) is 27.1. The molecule has 4 nitrogen and oxygen atoms in total. The maximum Gasteiger partial charge on any atom is 0.242 e. The number of carbonyl (C=O) groups is 2. The average molecular weight is 463 g/mol. The summed E-state index contributed by atoms with van der Waals surface area (Å²) in [6, 6.07) is 15.7. The molecular weight excluding hydrogens is 436 g/mol. The highest BCUT2D eigenvalue weighted by Crippen LogP contribution is 2.19. The molecule has 0 fully saturated rings. The molecule has 0 aliphatic carbocycles. The largest absolute Gasteiger partial charge is 0.357 e. The molecule has 6 heteroatoms. The highest BCUT2D eigenvalue weighted by atomic mass is 79.9. The monoisotopic (exact) mass is 462 g/mol. The van der Waals surface area contributed by atoms with Crippen molar-refractivity contribution in [3.8, 4) is 0 Å². The lowest BCUT2D eigenvalue weighted by molar-refractivity contribution is -0.139. The molecule has 150 valence electrons. The van der Waals surface area contributed by atoms with E-state index in [-0.39, 0.29) is 11.8 Å². The van der Waals surface area contributed by atoms with Gasteiger partial charge in [-0.15, -0.1) is 11.8 Å². The molecular formula is C22H27BrN2O2S. The van der Waals surface area contributed by atoms with Crippen molar-refractivity contribution in [3.63, 3.8) is 0 Å². The van der Waals surface area contributed by atoms with Crippen molar-refractivity contribution in [1.29, 1.82) is 0 Å². The van der Waals surface area contributed by atoms with Crippen LogP contribution in [0.4, 0.5) is 0 Å². The summed E-state index contributed by atoms with van der Waals surface area (Å²) in [5.74, 6) is 0.962. The molecule has 1 unspecified atom stereocenters. The number of nitrogens with zero attached hydrogens (tertiary/aromatic N) is 1. The molecule has 2 aromatic carbocycles. The first-order chi connectivity index (χ1) is 13.4. The van der Waals surface area contributed by atoms with Crippen LogP contribution >= 0.6 is 27.7 Å². The Hall–Kier alpha value is -1.79. The molecule has 1 N–H and O–H groups in total. The Kier molecular flexibility index (Phi) is 9.06. The Morgan fingerprint density at radius 3 is 2.46 bits per heavy atom. The van der Waals surface area contributed by atoms with Gasteiger partial charge in [0.15, 0.2) is 0 Å². The SMILES string of the molecule is CCC(C(=O)NC)N(Cc1cccc(C)c1)C(=O)CSCc1ccc(Br)cc1. The summed E-state index contributed by atoms with van der Waals surface area (Å²) in [5, 5.41) is 2.69. The van der Waals surface area contributed by atoms with E-state index < -0.39 is 6.04 Å². The minimum Gasteiger partial charge on any atom is -0.357 e. The second kappa shape index (κ2) is 11.3. The van der Waals surface area contributed by atoms with Gasteiger partial charge in [0.1, 0.15) is 6.04 Å². The third-order valence-corrected chi connectivity index (χ3v) is 5.99. The summed E-state index contributed by atoms with van der Waals surface area (Å²) in [5.41, 5.74) is 3.35. The van der Waals surface area contributed by atoms with Gasteiger partial charge in [0, 0.05) is 23.8 Å². The van der Waals surface area contributed by atoms with Gasteiger partial charge >= 0.3 is 0 Å². The average Bonchev–Trinajstić information content (AvgIpc) is 2.69. The number of benzene rings is 2. The molecule has 1 atom stereocenters. The lowest BCUT2D eigenvalue weighted by atomic mass is 10.1.